The Balaban J connectivity index is 2.99. The number of hydrogen-bond donors (Lipinski definition) is 3. The predicted molar refractivity (Wildman–Crippen MR) is 69.9 cm³/mol. The zero-order chi connectivity index (χ0) is 14.3. The smallest absolute Gasteiger partial charge is 0.267 e. The van der Waals surface area contributed by atoms with Crippen LogP contribution in [-0.2, 0) is 4.79 Å². The Kier molecular flexibility index (Phi) is 2.75. The van der Waals surface area contributed by atoms with Crippen molar-refractivity contribution >= 4 is 29.8 Å². The van der Waals surface area contributed by atoms with Gasteiger partial charge in [0.15, 0.2) is 5.76 Å². The van der Waals surface area contributed by atoms with Crippen LogP contribution in [0.2, 0.25) is 0 Å². The van der Waals surface area contributed by atoms with Crippen LogP contribution in [0, 0.1) is 0 Å². The molecule has 0 fully saturated rings. The van der Waals surface area contributed by atoms with Gasteiger partial charge in [-0.05, 0) is 6.08 Å². The molecule has 0 bridgehead atoms. The molecule has 0 aromatic heterocycles. The first-order valence-electron chi connectivity index (χ1n) is 5.30. The molecule has 5 nitrogen and oxygen atoms in total. The molecule has 1 aromatic carbocycles. The van der Waals surface area contributed by atoms with E-state index in [1.807, 2.05) is 0 Å². The number of rotatable bonds is 2. The molecule has 19 heavy (non-hydrogen) atoms. The standard InChI is InChI=1S/C14H10O5/c1-3-6-7(4-2)12(17)10-8(11(6)16)5-9(15)13(18)14(10)19/h3-5,15-17H,1-2H2. The van der Waals surface area contributed by atoms with Gasteiger partial charge in [0.2, 0.25) is 5.78 Å². The average Bonchev–Trinajstić information content (AvgIpc) is 2.39. The Morgan fingerprint density at radius 3 is 1.95 bits per heavy atom. The van der Waals surface area contributed by atoms with Crippen LogP contribution in [0.1, 0.15) is 27.0 Å². The van der Waals surface area contributed by atoms with Crippen molar-refractivity contribution in [3.05, 3.63) is 41.2 Å². The molecule has 3 N–H and O–H groups in total. The zero-order valence-corrected chi connectivity index (χ0v) is 9.80. The maximum absolute atomic E-state index is 11.8. The SMILES string of the molecule is C=Cc1c(O)c2c(c(O)c1C=C)C(=O)C(=O)C(O)=C2. The van der Waals surface area contributed by atoms with E-state index in [2.05, 4.69) is 13.2 Å². The maximum Gasteiger partial charge on any atom is 0.267 e. The summed E-state index contributed by atoms with van der Waals surface area (Å²) in [5.41, 5.74) is -0.194. The lowest BCUT2D eigenvalue weighted by atomic mass is 9.87. The number of benzene rings is 1. The summed E-state index contributed by atoms with van der Waals surface area (Å²) in [5, 5.41) is 29.4. The number of allylic oxidation sites excluding steroid dienone is 1. The van der Waals surface area contributed by atoms with Gasteiger partial charge in [-0.2, -0.15) is 0 Å². The number of phenolic OH excluding ortho intramolecular Hbond substituents is 2. The zero-order valence-electron chi connectivity index (χ0n) is 9.80. The van der Waals surface area contributed by atoms with Crippen LogP contribution in [0.3, 0.4) is 0 Å². The van der Waals surface area contributed by atoms with Crippen molar-refractivity contribution in [1.29, 1.82) is 0 Å². The quantitative estimate of drug-likeness (QED) is 0.557. The first-order chi connectivity index (χ1) is 8.93. The molecule has 0 saturated carbocycles. The van der Waals surface area contributed by atoms with Crippen LogP contribution in [0.15, 0.2) is 18.9 Å². The highest BCUT2D eigenvalue weighted by Crippen LogP contribution is 2.42. The molecule has 0 radical (unpaired) electrons. The third-order valence-corrected chi connectivity index (χ3v) is 2.92. The Morgan fingerprint density at radius 2 is 1.42 bits per heavy atom. The number of phenols is 2. The van der Waals surface area contributed by atoms with Gasteiger partial charge in [0.05, 0.1) is 5.56 Å². The summed E-state index contributed by atoms with van der Waals surface area (Å²) in [6.07, 6.45) is 3.45. The molecular weight excluding hydrogens is 248 g/mol. The van der Waals surface area contributed by atoms with Crippen LogP contribution in [0.25, 0.3) is 18.2 Å². The molecule has 0 unspecified atom stereocenters. The molecule has 1 aliphatic carbocycles. The minimum Gasteiger partial charge on any atom is -0.507 e. The molecule has 0 saturated heterocycles. The van der Waals surface area contributed by atoms with Gasteiger partial charge in [-0.25, -0.2) is 0 Å². The summed E-state index contributed by atoms with van der Waals surface area (Å²) in [4.78, 5) is 23.2. The number of hydrogen-bond acceptors (Lipinski definition) is 5. The first kappa shape index (κ1) is 12.6. The van der Waals surface area contributed by atoms with E-state index in [-0.39, 0.29) is 28.0 Å². The van der Waals surface area contributed by atoms with Crippen molar-refractivity contribution in [2.45, 2.75) is 0 Å². The Bertz CT molecular complexity index is 680. The molecular formula is C14H10O5. The number of aliphatic hydroxyl groups excluding tert-OH is 1. The van der Waals surface area contributed by atoms with Crippen molar-refractivity contribution in [1.82, 2.24) is 0 Å². The fourth-order valence-corrected chi connectivity index (χ4v) is 2.00. The lowest BCUT2D eigenvalue weighted by Crippen LogP contribution is -2.22. The summed E-state index contributed by atoms with van der Waals surface area (Å²) in [7, 11) is 0. The van der Waals surface area contributed by atoms with Crippen LogP contribution >= 0.6 is 0 Å². The van der Waals surface area contributed by atoms with Crippen molar-refractivity contribution in [3.8, 4) is 11.5 Å². The fraction of sp³-hybridized carbons (Fsp3) is 0. The minimum absolute atomic E-state index is 0.0992. The van der Waals surface area contributed by atoms with E-state index in [4.69, 9.17) is 0 Å². The minimum atomic E-state index is -1.14. The molecule has 0 spiro atoms. The fourth-order valence-electron chi connectivity index (χ4n) is 2.00. The number of carbonyl (C=O) groups excluding carboxylic acids is 2. The van der Waals surface area contributed by atoms with Gasteiger partial charge in [0.25, 0.3) is 5.78 Å². The highest BCUT2D eigenvalue weighted by atomic mass is 16.3. The molecule has 1 aromatic rings. The summed E-state index contributed by atoms with van der Waals surface area (Å²) < 4.78 is 0. The monoisotopic (exact) mass is 258 g/mol. The summed E-state index contributed by atoms with van der Waals surface area (Å²) in [5.74, 6) is -3.83. The summed E-state index contributed by atoms with van der Waals surface area (Å²) >= 11 is 0. The molecule has 0 aliphatic heterocycles. The number of aliphatic hydroxyl groups is 1. The third-order valence-electron chi connectivity index (χ3n) is 2.92. The van der Waals surface area contributed by atoms with E-state index in [9.17, 15) is 24.9 Å². The van der Waals surface area contributed by atoms with Crippen LogP contribution in [-0.4, -0.2) is 26.9 Å². The van der Waals surface area contributed by atoms with Crippen LogP contribution in [0.4, 0.5) is 0 Å². The molecule has 2 rings (SSSR count). The van der Waals surface area contributed by atoms with Gasteiger partial charge >= 0.3 is 0 Å². The van der Waals surface area contributed by atoms with Crippen molar-refractivity contribution in [2.24, 2.45) is 0 Å². The summed E-state index contributed by atoms with van der Waals surface area (Å²) in [6, 6.07) is 0. The van der Waals surface area contributed by atoms with Gasteiger partial charge in [0.1, 0.15) is 11.5 Å². The van der Waals surface area contributed by atoms with E-state index in [0.29, 0.717) is 0 Å². The van der Waals surface area contributed by atoms with Crippen LogP contribution in [0.5, 0.6) is 11.5 Å². The number of carbonyl (C=O) groups is 2. The summed E-state index contributed by atoms with van der Waals surface area (Å²) in [6.45, 7) is 6.96. The second kappa shape index (κ2) is 4.13. The Hall–Kier alpha value is -2.82. The third kappa shape index (κ3) is 1.55. The van der Waals surface area contributed by atoms with Crippen molar-refractivity contribution in [3.63, 3.8) is 0 Å². The van der Waals surface area contributed by atoms with Gasteiger partial charge in [-0.1, -0.05) is 25.3 Å². The molecule has 96 valence electrons. The topological polar surface area (TPSA) is 94.8 Å². The largest absolute Gasteiger partial charge is 0.507 e. The molecule has 1 aliphatic rings. The van der Waals surface area contributed by atoms with Gasteiger partial charge in [-0.15, -0.1) is 0 Å². The lowest BCUT2D eigenvalue weighted by molar-refractivity contribution is -0.114. The number of ketones is 2. The Morgan fingerprint density at radius 1 is 0.895 bits per heavy atom. The van der Waals surface area contributed by atoms with Crippen LogP contribution < -0.4 is 0 Å². The number of Topliss-reactive ketones (excluding diaryl/α,β-unsaturated/α-hetero) is 2. The lowest BCUT2D eigenvalue weighted by Gasteiger charge is -2.18. The average molecular weight is 258 g/mol. The van der Waals surface area contributed by atoms with E-state index >= 15 is 0 Å². The second-order valence-electron chi connectivity index (χ2n) is 3.91. The van der Waals surface area contributed by atoms with Gasteiger partial charge in [-0.3, -0.25) is 9.59 Å². The second-order valence-corrected chi connectivity index (χ2v) is 3.91. The number of aromatic hydroxyl groups is 2. The molecule has 0 atom stereocenters. The Labute approximate surface area is 108 Å². The molecule has 5 heteroatoms. The van der Waals surface area contributed by atoms with E-state index in [1.165, 1.54) is 12.2 Å². The molecule has 0 amide bonds. The highest BCUT2D eigenvalue weighted by Gasteiger charge is 2.34. The van der Waals surface area contributed by atoms with E-state index in [0.717, 1.165) is 6.08 Å². The number of fused-ring (bicyclic) bond motifs is 1. The van der Waals surface area contributed by atoms with Gasteiger partial charge < -0.3 is 15.3 Å². The van der Waals surface area contributed by atoms with Crippen molar-refractivity contribution < 1.29 is 24.9 Å². The van der Waals surface area contributed by atoms with E-state index in [1.54, 1.807) is 0 Å². The highest BCUT2D eigenvalue weighted by molar-refractivity contribution is 6.51. The maximum atomic E-state index is 11.8. The van der Waals surface area contributed by atoms with E-state index < -0.39 is 23.1 Å². The van der Waals surface area contributed by atoms with Crippen molar-refractivity contribution in [2.75, 3.05) is 0 Å². The normalized spacial score (nSPS) is 13.8. The predicted octanol–water partition coefficient (Wildman–Crippen LogP) is 2.05. The first-order valence-corrected chi connectivity index (χ1v) is 5.30. The molecule has 0 heterocycles. The van der Waals surface area contributed by atoms with Gasteiger partial charge in [0, 0.05) is 16.7 Å².